The molecule has 1 saturated heterocycles. The molecule has 0 unspecified atom stereocenters. The van der Waals surface area contributed by atoms with Gasteiger partial charge in [0.25, 0.3) is 0 Å². The number of rotatable bonds is 5. The molecule has 1 aromatic carbocycles. The van der Waals surface area contributed by atoms with Crippen molar-refractivity contribution in [1.29, 1.82) is 0 Å². The van der Waals surface area contributed by atoms with Gasteiger partial charge in [0.15, 0.2) is 9.84 Å². The molecule has 1 aromatic rings. The Kier molecular flexibility index (Phi) is 4.12. The first kappa shape index (κ1) is 15.3. The SMILES string of the molecule is CCCS(=O)(=O)c1ccc(N2CC(O)(C(C)C)C2)cc1. The van der Waals surface area contributed by atoms with E-state index in [9.17, 15) is 13.5 Å². The van der Waals surface area contributed by atoms with Crippen LogP contribution in [0.5, 0.6) is 0 Å². The molecule has 20 heavy (non-hydrogen) atoms. The summed E-state index contributed by atoms with van der Waals surface area (Å²) in [6.45, 7) is 7.09. The number of aliphatic hydroxyl groups is 1. The van der Waals surface area contributed by atoms with Crippen molar-refractivity contribution in [2.24, 2.45) is 5.92 Å². The first-order chi connectivity index (χ1) is 9.28. The highest BCUT2D eigenvalue weighted by atomic mass is 32.2. The minimum absolute atomic E-state index is 0.184. The van der Waals surface area contributed by atoms with Crippen molar-refractivity contribution in [1.82, 2.24) is 0 Å². The fourth-order valence-electron chi connectivity index (χ4n) is 2.41. The third kappa shape index (κ3) is 2.83. The van der Waals surface area contributed by atoms with E-state index in [4.69, 9.17) is 0 Å². The van der Waals surface area contributed by atoms with Gasteiger partial charge in [-0.05, 0) is 36.6 Å². The smallest absolute Gasteiger partial charge is 0.178 e. The highest BCUT2D eigenvalue weighted by Gasteiger charge is 2.43. The summed E-state index contributed by atoms with van der Waals surface area (Å²) in [4.78, 5) is 2.44. The Labute approximate surface area is 121 Å². The topological polar surface area (TPSA) is 57.6 Å². The van der Waals surface area contributed by atoms with E-state index in [0.29, 0.717) is 24.4 Å². The summed E-state index contributed by atoms with van der Waals surface area (Å²) >= 11 is 0. The zero-order valence-corrected chi connectivity index (χ0v) is 13.2. The Morgan fingerprint density at radius 1 is 1.25 bits per heavy atom. The zero-order chi connectivity index (χ0) is 15.0. The molecule has 0 spiro atoms. The van der Waals surface area contributed by atoms with Crippen LogP contribution in [0.3, 0.4) is 0 Å². The van der Waals surface area contributed by atoms with Crippen LogP contribution >= 0.6 is 0 Å². The normalized spacial score (nSPS) is 18.1. The van der Waals surface area contributed by atoms with Gasteiger partial charge in [-0.1, -0.05) is 20.8 Å². The van der Waals surface area contributed by atoms with Gasteiger partial charge in [-0.15, -0.1) is 0 Å². The van der Waals surface area contributed by atoms with Crippen LogP contribution in [0.15, 0.2) is 29.2 Å². The Bertz CT molecular complexity index is 557. The van der Waals surface area contributed by atoms with E-state index >= 15 is 0 Å². The average molecular weight is 297 g/mol. The van der Waals surface area contributed by atoms with Crippen molar-refractivity contribution < 1.29 is 13.5 Å². The first-order valence-corrected chi connectivity index (χ1v) is 8.74. The van der Waals surface area contributed by atoms with Crippen LogP contribution < -0.4 is 4.90 Å². The van der Waals surface area contributed by atoms with E-state index in [1.165, 1.54) is 0 Å². The molecular formula is C15H23NO3S. The summed E-state index contributed by atoms with van der Waals surface area (Å²) in [5.41, 5.74) is 0.346. The third-order valence-corrected chi connectivity index (χ3v) is 5.97. The molecule has 4 nitrogen and oxygen atoms in total. The second-order valence-corrected chi connectivity index (χ2v) is 8.04. The fourth-order valence-corrected chi connectivity index (χ4v) is 3.74. The third-order valence-electron chi connectivity index (χ3n) is 4.04. The van der Waals surface area contributed by atoms with Gasteiger partial charge in [0.2, 0.25) is 0 Å². The number of anilines is 1. The maximum atomic E-state index is 11.9. The standard InChI is InChI=1S/C15H23NO3S/c1-4-9-20(18,19)14-7-5-13(6-8-14)16-10-15(17,11-16)12(2)3/h5-8,12,17H,4,9-11H2,1-3H3. The molecule has 1 aliphatic rings. The number of benzene rings is 1. The summed E-state index contributed by atoms with van der Waals surface area (Å²) in [5.74, 6) is 0.409. The van der Waals surface area contributed by atoms with Crippen LogP contribution in [-0.2, 0) is 9.84 Å². The summed E-state index contributed by atoms with van der Waals surface area (Å²) in [7, 11) is -3.15. The summed E-state index contributed by atoms with van der Waals surface area (Å²) in [5, 5.41) is 10.2. The average Bonchev–Trinajstić information content (AvgIpc) is 2.35. The molecule has 5 heteroatoms. The molecule has 0 bridgehead atoms. The van der Waals surface area contributed by atoms with Crippen LogP contribution in [0.1, 0.15) is 27.2 Å². The molecule has 1 aliphatic heterocycles. The van der Waals surface area contributed by atoms with Crippen molar-refractivity contribution in [2.45, 2.75) is 37.7 Å². The highest BCUT2D eigenvalue weighted by molar-refractivity contribution is 7.91. The molecule has 112 valence electrons. The number of hydrogen-bond donors (Lipinski definition) is 1. The lowest BCUT2D eigenvalue weighted by Gasteiger charge is -2.50. The van der Waals surface area contributed by atoms with E-state index in [-0.39, 0.29) is 11.7 Å². The van der Waals surface area contributed by atoms with Crippen LogP contribution in [-0.4, -0.2) is 38.0 Å². The van der Waals surface area contributed by atoms with Crippen molar-refractivity contribution in [3.63, 3.8) is 0 Å². The van der Waals surface area contributed by atoms with Gasteiger partial charge in [0.05, 0.1) is 10.6 Å². The van der Waals surface area contributed by atoms with Crippen molar-refractivity contribution in [3.8, 4) is 0 Å². The van der Waals surface area contributed by atoms with E-state index < -0.39 is 15.4 Å². The molecule has 1 fully saturated rings. The second-order valence-electron chi connectivity index (χ2n) is 5.93. The Morgan fingerprint density at radius 3 is 2.25 bits per heavy atom. The number of β-amino-alcohol motifs (C(OH)–C–C–N with tert-alkyl or cyclic N) is 1. The van der Waals surface area contributed by atoms with Gasteiger partial charge in [-0.3, -0.25) is 0 Å². The van der Waals surface area contributed by atoms with Crippen molar-refractivity contribution >= 4 is 15.5 Å². The van der Waals surface area contributed by atoms with E-state index in [1.54, 1.807) is 12.1 Å². The van der Waals surface area contributed by atoms with Gasteiger partial charge in [-0.25, -0.2) is 8.42 Å². The minimum Gasteiger partial charge on any atom is -0.386 e. The highest BCUT2D eigenvalue weighted by Crippen LogP contribution is 2.33. The van der Waals surface area contributed by atoms with Crippen molar-refractivity contribution in [3.05, 3.63) is 24.3 Å². The van der Waals surface area contributed by atoms with Gasteiger partial charge in [-0.2, -0.15) is 0 Å². The molecule has 0 saturated carbocycles. The molecule has 0 radical (unpaired) electrons. The lowest BCUT2D eigenvalue weighted by Crippen LogP contribution is -2.64. The second kappa shape index (κ2) is 5.37. The van der Waals surface area contributed by atoms with Gasteiger partial charge in [0.1, 0.15) is 5.60 Å². The number of nitrogens with zero attached hydrogens (tertiary/aromatic N) is 1. The molecule has 0 aromatic heterocycles. The Balaban J connectivity index is 2.08. The van der Waals surface area contributed by atoms with Crippen LogP contribution in [0.4, 0.5) is 5.69 Å². The Morgan fingerprint density at radius 2 is 1.80 bits per heavy atom. The molecule has 0 aliphatic carbocycles. The number of hydrogen-bond acceptors (Lipinski definition) is 4. The molecule has 2 rings (SSSR count). The maximum Gasteiger partial charge on any atom is 0.178 e. The predicted octanol–water partition coefficient (Wildman–Crippen LogP) is 2.08. The first-order valence-electron chi connectivity index (χ1n) is 7.08. The van der Waals surface area contributed by atoms with Crippen molar-refractivity contribution in [2.75, 3.05) is 23.7 Å². The van der Waals surface area contributed by atoms with Crippen LogP contribution in [0.25, 0.3) is 0 Å². The largest absolute Gasteiger partial charge is 0.386 e. The van der Waals surface area contributed by atoms with E-state index in [0.717, 1.165) is 5.69 Å². The molecular weight excluding hydrogens is 274 g/mol. The maximum absolute atomic E-state index is 11.9. The van der Waals surface area contributed by atoms with Crippen LogP contribution in [0, 0.1) is 5.92 Å². The van der Waals surface area contributed by atoms with Crippen LogP contribution in [0.2, 0.25) is 0 Å². The molecule has 0 amide bonds. The van der Waals surface area contributed by atoms with E-state index in [1.807, 2.05) is 32.9 Å². The number of sulfone groups is 1. The lowest BCUT2D eigenvalue weighted by molar-refractivity contribution is -0.0300. The van der Waals surface area contributed by atoms with Gasteiger partial charge >= 0.3 is 0 Å². The lowest BCUT2D eigenvalue weighted by atomic mass is 9.83. The van der Waals surface area contributed by atoms with E-state index in [2.05, 4.69) is 4.90 Å². The Hall–Kier alpha value is -1.07. The molecule has 0 atom stereocenters. The monoisotopic (exact) mass is 297 g/mol. The minimum atomic E-state index is -3.15. The molecule has 1 N–H and O–H groups in total. The fraction of sp³-hybridized carbons (Fsp3) is 0.600. The van der Waals surface area contributed by atoms with Gasteiger partial charge < -0.3 is 10.0 Å². The predicted molar refractivity (Wildman–Crippen MR) is 80.8 cm³/mol. The summed E-state index contributed by atoms with van der Waals surface area (Å²) < 4.78 is 23.9. The quantitative estimate of drug-likeness (QED) is 0.904. The molecule has 1 heterocycles. The van der Waals surface area contributed by atoms with Gasteiger partial charge in [0, 0.05) is 18.8 Å². The zero-order valence-electron chi connectivity index (χ0n) is 12.3. The summed E-state index contributed by atoms with van der Waals surface area (Å²) in [6.07, 6.45) is 0.623. The summed E-state index contributed by atoms with van der Waals surface area (Å²) in [6, 6.07) is 6.96.